The van der Waals surface area contributed by atoms with Gasteiger partial charge in [0.25, 0.3) is 0 Å². The molecule has 0 spiro atoms. The molecule has 0 aromatic heterocycles. The van der Waals surface area contributed by atoms with Crippen molar-refractivity contribution in [2.45, 2.75) is 19.5 Å². The normalized spacial score (nSPS) is 16.9. The molecule has 0 saturated carbocycles. The summed E-state index contributed by atoms with van der Waals surface area (Å²) in [5, 5.41) is 11.8. The topological polar surface area (TPSA) is 52.6 Å². The van der Waals surface area contributed by atoms with E-state index in [4.69, 9.17) is 5.11 Å². The molecule has 1 heterocycles. The van der Waals surface area contributed by atoms with E-state index in [1.165, 1.54) is 0 Å². The average molecular weight is 206 g/mol. The summed E-state index contributed by atoms with van der Waals surface area (Å²) < 4.78 is 0. The van der Waals surface area contributed by atoms with Crippen molar-refractivity contribution in [3.05, 3.63) is 29.8 Å². The van der Waals surface area contributed by atoms with E-state index in [0.717, 1.165) is 11.3 Å². The number of hydrogen-bond acceptors (Lipinski definition) is 2. The molecule has 1 aliphatic rings. The summed E-state index contributed by atoms with van der Waals surface area (Å²) in [5.74, 6) is 0. The fourth-order valence-electron chi connectivity index (χ4n) is 1.68. The van der Waals surface area contributed by atoms with Crippen LogP contribution in [0.25, 0.3) is 0 Å². The minimum absolute atomic E-state index is 0.0183. The summed E-state index contributed by atoms with van der Waals surface area (Å²) in [6.45, 7) is 2.37. The minimum atomic E-state index is -0.154. The van der Waals surface area contributed by atoms with Gasteiger partial charge in [-0.1, -0.05) is 18.2 Å². The van der Waals surface area contributed by atoms with Crippen LogP contribution >= 0.6 is 0 Å². The van der Waals surface area contributed by atoms with Crippen molar-refractivity contribution < 1.29 is 9.90 Å². The number of nitrogens with one attached hydrogen (secondary N) is 1. The molecular formula is C11H14N2O2. The van der Waals surface area contributed by atoms with Gasteiger partial charge in [-0.3, -0.25) is 0 Å². The van der Waals surface area contributed by atoms with Gasteiger partial charge in [0.2, 0.25) is 0 Å². The van der Waals surface area contributed by atoms with Crippen LogP contribution < -0.4 is 5.32 Å². The third kappa shape index (κ3) is 1.80. The third-order valence-corrected chi connectivity index (χ3v) is 2.66. The highest BCUT2D eigenvalue weighted by Crippen LogP contribution is 2.23. The van der Waals surface area contributed by atoms with Gasteiger partial charge in [0.05, 0.1) is 12.6 Å². The van der Waals surface area contributed by atoms with Crippen molar-refractivity contribution in [3.63, 3.8) is 0 Å². The molecule has 4 nitrogen and oxygen atoms in total. The van der Waals surface area contributed by atoms with E-state index in [-0.39, 0.29) is 18.7 Å². The van der Waals surface area contributed by atoms with Crippen LogP contribution in [0, 0.1) is 0 Å². The van der Waals surface area contributed by atoms with Crippen molar-refractivity contribution in [2.24, 2.45) is 0 Å². The molecule has 0 bridgehead atoms. The van der Waals surface area contributed by atoms with Crippen LogP contribution in [-0.2, 0) is 6.54 Å². The van der Waals surface area contributed by atoms with Crippen molar-refractivity contribution in [3.8, 4) is 0 Å². The first-order valence-corrected chi connectivity index (χ1v) is 4.98. The fraction of sp³-hybridized carbons (Fsp3) is 0.364. The maximum absolute atomic E-state index is 11.7. The molecule has 1 aromatic carbocycles. The van der Waals surface area contributed by atoms with E-state index in [1.807, 2.05) is 31.2 Å². The zero-order valence-electron chi connectivity index (χ0n) is 8.60. The van der Waals surface area contributed by atoms with Crippen LogP contribution in [0.15, 0.2) is 24.3 Å². The average Bonchev–Trinajstić information content (AvgIpc) is 2.27. The van der Waals surface area contributed by atoms with Crippen LogP contribution in [-0.4, -0.2) is 28.7 Å². The molecule has 1 aromatic rings. The smallest absolute Gasteiger partial charge is 0.322 e. The summed E-state index contributed by atoms with van der Waals surface area (Å²) >= 11 is 0. The van der Waals surface area contributed by atoms with Crippen LogP contribution in [0.2, 0.25) is 0 Å². The summed E-state index contributed by atoms with van der Waals surface area (Å²) in [6.07, 6.45) is 0. The van der Waals surface area contributed by atoms with Gasteiger partial charge in [-0.15, -0.1) is 0 Å². The van der Waals surface area contributed by atoms with E-state index in [0.29, 0.717) is 6.54 Å². The maximum Gasteiger partial charge on any atom is 0.322 e. The van der Waals surface area contributed by atoms with Gasteiger partial charge in [0.1, 0.15) is 0 Å². The Labute approximate surface area is 88.5 Å². The molecule has 80 valence electrons. The predicted octanol–water partition coefficient (Wildman–Crippen LogP) is 1.41. The molecule has 4 heteroatoms. The van der Waals surface area contributed by atoms with Gasteiger partial charge >= 0.3 is 6.03 Å². The second-order valence-electron chi connectivity index (χ2n) is 3.75. The Bertz CT molecular complexity index is 379. The molecule has 2 rings (SSSR count). The van der Waals surface area contributed by atoms with Crippen molar-refractivity contribution in [2.75, 3.05) is 11.9 Å². The summed E-state index contributed by atoms with van der Waals surface area (Å²) in [5.41, 5.74) is 1.95. The van der Waals surface area contributed by atoms with Crippen LogP contribution in [0.1, 0.15) is 12.5 Å². The molecule has 15 heavy (non-hydrogen) atoms. The number of aliphatic hydroxyl groups is 1. The zero-order chi connectivity index (χ0) is 10.8. The Balaban J connectivity index is 2.26. The molecule has 0 fully saturated rings. The van der Waals surface area contributed by atoms with Gasteiger partial charge in [0, 0.05) is 12.2 Å². The third-order valence-electron chi connectivity index (χ3n) is 2.66. The van der Waals surface area contributed by atoms with E-state index in [9.17, 15) is 4.79 Å². The van der Waals surface area contributed by atoms with Gasteiger partial charge in [0.15, 0.2) is 0 Å². The Morgan fingerprint density at radius 2 is 2.27 bits per heavy atom. The largest absolute Gasteiger partial charge is 0.394 e. The highest BCUT2D eigenvalue weighted by Gasteiger charge is 2.25. The van der Waals surface area contributed by atoms with Crippen molar-refractivity contribution >= 4 is 11.7 Å². The first-order chi connectivity index (χ1) is 7.22. The number of urea groups is 1. The molecule has 1 unspecified atom stereocenters. The summed E-state index contributed by atoms with van der Waals surface area (Å²) in [4.78, 5) is 13.3. The lowest BCUT2D eigenvalue weighted by Crippen LogP contribution is -2.45. The number of fused-ring (bicyclic) bond motifs is 1. The number of amides is 2. The zero-order valence-corrected chi connectivity index (χ0v) is 8.60. The molecule has 0 aliphatic carbocycles. The van der Waals surface area contributed by atoms with Crippen LogP contribution in [0.3, 0.4) is 0 Å². The molecule has 2 amide bonds. The SMILES string of the molecule is CC(CO)N1Cc2ccccc2NC1=O. The van der Waals surface area contributed by atoms with Gasteiger partial charge in [-0.2, -0.15) is 0 Å². The van der Waals surface area contributed by atoms with E-state index in [2.05, 4.69) is 5.32 Å². The Kier molecular flexibility index (Phi) is 2.60. The number of nitrogens with zero attached hydrogens (tertiary/aromatic N) is 1. The molecule has 1 atom stereocenters. The number of anilines is 1. The number of aliphatic hydroxyl groups excluding tert-OH is 1. The number of carbonyl (C=O) groups excluding carboxylic acids is 1. The second-order valence-corrected chi connectivity index (χ2v) is 3.75. The van der Waals surface area contributed by atoms with Gasteiger partial charge in [-0.05, 0) is 18.6 Å². The van der Waals surface area contributed by atoms with Crippen molar-refractivity contribution in [1.82, 2.24) is 4.90 Å². The lowest BCUT2D eigenvalue weighted by molar-refractivity contribution is 0.143. The molecule has 0 saturated heterocycles. The first kappa shape index (κ1) is 9.98. The van der Waals surface area contributed by atoms with Crippen molar-refractivity contribution in [1.29, 1.82) is 0 Å². The summed E-state index contributed by atoms with van der Waals surface area (Å²) in [6, 6.07) is 7.40. The maximum atomic E-state index is 11.7. The van der Waals surface area contributed by atoms with Crippen LogP contribution in [0.5, 0.6) is 0 Å². The minimum Gasteiger partial charge on any atom is -0.394 e. The molecule has 2 N–H and O–H groups in total. The molecule has 0 radical (unpaired) electrons. The monoisotopic (exact) mass is 206 g/mol. The lowest BCUT2D eigenvalue weighted by atomic mass is 10.1. The van der Waals surface area contributed by atoms with Gasteiger partial charge in [-0.25, -0.2) is 4.79 Å². The number of benzene rings is 1. The van der Waals surface area contributed by atoms with E-state index >= 15 is 0 Å². The van der Waals surface area contributed by atoms with Crippen LogP contribution in [0.4, 0.5) is 10.5 Å². The fourth-order valence-corrected chi connectivity index (χ4v) is 1.68. The number of para-hydroxylation sites is 1. The van der Waals surface area contributed by atoms with E-state index < -0.39 is 0 Å². The second kappa shape index (κ2) is 3.90. The quantitative estimate of drug-likeness (QED) is 0.768. The Morgan fingerprint density at radius 3 is 3.00 bits per heavy atom. The molecule has 1 aliphatic heterocycles. The predicted molar refractivity (Wildman–Crippen MR) is 57.6 cm³/mol. The first-order valence-electron chi connectivity index (χ1n) is 4.98. The highest BCUT2D eigenvalue weighted by molar-refractivity contribution is 5.92. The highest BCUT2D eigenvalue weighted by atomic mass is 16.3. The number of carbonyl (C=O) groups is 1. The number of hydrogen-bond donors (Lipinski definition) is 2. The summed E-state index contributed by atoms with van der Waals surface area (Å²) in [7, 11) is 0. The standard InChI is InChI=1S/C11H14N2O2/c1-8(7-14)13-6-9-4-2-3-5-10(9)12-11(13)15/h2-5,8,14H,6-7H2,1H3,(H,12,15). The number of rotatable bonds is 2. The molecular weight excluding hydrogens is 192 g/mol. The van der Waals surface area contributed by atoms with Gasteiger partial charge < -0.3 is 15.3 Å². The Hall–Kier alpha value is -1.55. The van der Waals surface area contributed by atoms with E-state index in [1.54, 1.807) is 4.90 Å². The lowest BCUT2D eigenvalue weighted by Gasteiger charge is -2.33. The Morgan fingerprint density at radius 1 is 1.53 bits per heavy atom.